The highest BCUT2D eigenvalue weighted by Gasteiger charge is 2.49. The number of aliphatic hydroxyl groups is 1. The summed E-state index contributed by atoms with van der Waals surface area (Å²) in [4.78, 5) is 0. The number of quaternary nitrogens is 1. The maximum atomic E-state index is 12.2. The first-order valence-electron chi connectivity index (χ1n) is 14.1. The first-order valence-corrected chi connectivity index (χ1v) is 14.1. The van der Waals surface area contributed by atoms with Crippen molar-refractivity contribution in [1.82, 2.24) is 10.2 Å². The molecule has 8 nitrogen and oxygen atoms in total. The van der Waals surface area contributed by atoms with Gasteiger partial charge >= 0.3 is 0 Å². The maximum Gasteiger partial charge on any atom is 0.271 e. The van der Waals surface area contributed by atoms with E-state index in [0.29, 0.717) is 24.2 Å². The Kier molecular flexibility index (Phi) is 7.33. The maximum absolute atomic E-state index is 12.2. The number of aromatic nitrogens is 2. The molecule has 1 saturated carbocycles. The summed E-state index contributed by atoms with van der Waals surface area (Å²) in [5.74, 6) is 3.90. The SMILES string of the molecule is O[C@](c1ccccc1)(c1nnc(C[N+]23CCC(CC2)[C@@H](Oc2ccc4c(c2)OCO4)C3)o1)C1CCCCC1.[Br-]. The zero-order valence-corrected chi connectivity index (χ0v) is 23.7. The van der Waals surface area contributed by atoms with Crippen LogP contribution >= 0.6 is 0 Å². The molecule has 4 fully saturated rings. The van der Waals surface area contributed by atoms with Gasteiger partial charge in [-0.3, -0.25) is 0 Å². The number of halogens is 1. The Bertz CT molecular complexity index is 1270. The van der Waals surface area contributed by atoms with E-state index in [4.69, 9.17) is 18.6 Å². The van der Waals surface area contributed by atoms with Crippen molar-refractivity contribution < 1.29 is 45.2 Å². The highest BCUT2D eigenvalue weighted by atomic mass is 79.9. The monoisotopic (exact) mass is 597 g/mol. The number of hydrogen-bond acceptors (Lipinski definition) is 7. The first-order chi connectivity index (χ1) is 18.6. The lowest BCUT2D eigenvalue weighted by molar-refractivity contribution is -0.959. The fourth-order valence-electron chi connectivity index (χ4n) is 7.21. The summed E-state index contributed by atoms with van der Waals surface area (Å²) in [7, 11) is 0. The second-order valence-corrected chi connectivity index (χ2v) is 11.6. The van der Waals surface area contributed by atoms with Gasteiger partial charge in [0.2, 0.25) is 6.79 Å². The Balaban J connectivity index is 0.00000277. The van der Waals surface area contributed by atoms with Gasteiger partial charge in [-0.15, -0.1) is 10.2 Å². The Morgan fingerprint density at radius 2 is 1.69 bits per heavy atom. The summed E-state index contributed by atoms with van der Waals surface area (Å²) in [5, 5.41) is 21.1. The lowest BCUT2D eigenvalue weighted by Gasteiger charge is -2.51. The minimum atomic E-state index is -1.26. The van der Waals surface area contributed by atoms with Crippen LogP contribution in [0.5, 0.6) is 17.2 Å². The highest BCUT2D eigenvalue weighted by Crippen LogP contribution is 2.44. The molecular weight excluding hydrogens is 562 g/mol. The van der Waals surface area contributed by atoms with Gasteiger partial charge in [0.25, 0.3) is 11.8 Å². The van der Waals surface area contributed by atoms with E-state index in [1.165, 1.54) is 6.42 Å². The molecule has 0 spiro atoms. The molecule has 0 unspecified atom stereocenters. The second-order valence-electron chi connectivity index (χ2n) is 11.6. The summed E-state index contributed by atoms with van der Waals surface area (Å²) < 4.78 is 24.7. The van der Waals surface area contributed by atoms with E-state index in [0.717, 1.165) is 85.5 Å². The highest BCUT2D eigenvalue weighted by molar-refractivity contribution is 5.47. The number of fused-ring (bicyclic) bond motifs is 4. The third kappa shape index (κ3) is 4.93. The largest absolute Gasteiger partial charge is 1.00 e. The van der Waals surface area contributed by atoms with Gasteiger partial charge in [-0.25, -0.2) is 0 Å². The van der Waals surface area contributed by atoms with Crippen LogP contribution in [0, 0.1) is 11.8 Å². The first kappa shape index (κ1) is 26.6. The molecule has 9 heteroatoms. The lowest BCUT2D eigenvalue weighted by atomic mass is 9.73. The molecule has 5 heterocycles. The zero-order valence-electron chi connectivity index (χ0n) is 22.1. The van der Waals surface area contributed by atoms with E-state index >= 15 is 0 Å². The van der Waals surface area contributed by atoms with Crippen LogP contribution in [0.1, 0.15) is 62.3 Å². The zero-order chi connectivity index (χ0) is 25.6. The molecule has 3 aromatic rings. The third-order valence-electron chi connectivity index (χ3n) is 9.35. The van der Waals surface area contributed by atoms with Crippen LogP contribution in [0.25, 0.3) is 0 Å². The van der Waals surface area contributed by atoms with Crippen molar-refractivity contribution in [3.8, 4) is 17.2 Å². The topological polar surface area (TPSA) is 86.8 Å². The normalized spacial score (nSPS) is 27.5. The number of piperidine rings is 3. The Hall–Kier alpha value is -2.62. The predicted octanol–water partition coefficient (Wildman–Crippen LogP) is 1.81. The Labute approximate surface area is 239 Å². The van der Waals surface area contributed by atoms with Crippen molar-refractivity contribution in [2.75, 3.05) is 26.4 Å². The molecule has 3 saturated heterocycles. The van der Waals surface area contributed by atoms with E-state index in [1.54, 1.807) is 0 Å². The minimum absolute atomic E-state index is 0. The standard InChI is InChI=1S/C30H36N3O5.BrH/c34-30(22-7-3-1-4-8-22,23-9-5-2-6-10-23)29-32-31-28(38-29)19-33-15-13-21(14-16-33)27(18-33)37-24-11-12-25-26(17-24)36-20-35-25;/h1,3-4,7-8,11-12,17,21,23,27,34H,2,5-6,9-10,13-16,18-20H2;1H/q+1;/p-1/t21?,27-,30-,33?;/m0./s1. The van der Waals surface area contributed by atoms with Gasteiger partial charge in [0.15, 0.2) is 29.7 Å². The molecule has 5 aliphatic rings. The average molecular weight is 599 g/mol. The van der Waals surface area contributed by atoms with Gasteiger partial charge in [0.1, 0.15) is 12.3 Å². The summed E-state index contributed by atoms with van der Waals surface area (Å²) in [5.41, 5.74) is -0.419. The number of nitrogens with zero attached hydrogens (tertiary/aromatic N) is 3. The number of benzene rings is 2. The van der Waals surface area contributed by atoms with Crippen molar-refractivity contribution in [2.45, 2.75) is 63.2 Å². The fourth-order valence-corrected chi connectivity index (χ4v) is 7.21. The van der Waals surface area contributed by atoms with Crippen molar-refractivity contribution in [3.05, 3.63) is 65.9 Å². The van der Waals surface area contributed by atoms with Crippen LogP contribution in [-0.4, -0.2) is 52.3 Å². The summed E-state index contributed by atoms with van der Waals surface area (Å²) in [6, 6.07) is 15.7. The molecule has 39 heavy (non-hydrogen) atoms. The van der Waals surface area contributed by atoms with E-state index in [9.17, 15) is 5.11 Å². The van der Waals surface area contributed by atoms with Crippen molar-refractivity contribution in [1.29, 1.82) is 0 Å². The smallest absolute Gasteiger partial charge is 0.271 e. The average Bonchev–Trinajstić information content (AvgIpc) is 3.64. The molecule has 8 rings (SSSR count). The fraction of sp³-hybridized carbons (Fsp3) is 0.533. The van der Waals surface area contributed by atoms with Crippen molar-refractivity contribution >= 4 is 0 Å². The summed E-state index contributed by atoms with van der Waals surface area (Å²) in [6.45, 7) is 3.99. The van der Waals surface area contributed by atoms with E-state index in [-0.39, 0.29) is 35.8 Å². The number of hydrogen-bond donors (Lipinski definition) is 1. The Morgan fingerprint density at radius 1 is 0.923 bits per heavy atom. The van der Waals surface area contributed by atoms with E-state index in [2.05, 4.69) is 10.2 Å². The van der Waals surface area contributed by atoms with E-state index < -0.39 is 5.60 Å². The number of ether oxygens (including phenoxy) is 3. The quantitative estimate of drug-likeness (QED) is 0.416. The predicted molar refractivity (Wildman–Crippen MR) is 139 cm³/mol. The minimum Gasteiger partial charge on any atom is -1.00 e. The Morgan fingerprint density at radius 3 is 2.49 bits per heavy atom. The van der Waals surface area contributed by atoms with Crippen molar-refractivity contribution in [3.63, 3.8) is 0 Å². The molecule has 4 aliphatic heterocycles. The van der Waals surface area contributed by atoms with Gasteiger partial charge in [-0.2, -0.15) is 0 Å². The summed E-state index contributed by atoms with van der Waals surface area (Å²) in [6.07, 6.45) is 7.74. The van der Waals surface area contributed by atoms with Crippen LogP contribution in [0.4, 0.5) is 0 Å². The van der Waals surface area contributed by atoms with Crippen LogP contribution in [0.3, 0.4) is 0 Å². The molecule has 1 aromatic heterocycles. The molecule has 1 N–H and O–H groups in total. The van der Waals surface area contributed by atoms with Crippen LogP contribution < -0.4 is 31.2 Å². The van der Waals surface area contributed by atoms with Gasteiger partial charge in [-0.1, -0.05) is 49.6 Å². The van der Waals surface area contributed by atoms with Gasteiger partial charge in [0.05, 0.1) is 13.1 Å². The van der Waals surface area contributed by atoms with Crippen LogP contribution in [0.2, 0.25) is 0 Å². The molecule has 0 amide bonds. The van der Waals surface area contributed by atoms with Gasteiger partial charge in [0, 0.05) is 30.7 Å². The lowest BCUT2D eigenvalue weighted by Crippen LogP contribution is -3.00. The van der Waals surface area contributed by atoms with Crippen LogP contribution in [-0.2, 0) is 12.1 Å². The number of rotatable bonds is 7. The third-order valence-corrected chi connectivity index (χ3v) is 9.35. The molecule has 2 aromatic carbocycles. The molecule has 1 aliphatic carbocycles. The van der Waals surface area contributed by atoms with E-state index in [1.807, 2.05) is 48.5 Å². The second kappa shape index (κ2) is 10.7. The van der Waals surface area contributed by atoms with Gasteiger partial charge in [-0.05, 0) is 30.5 Å². The van der Waals surface area contributed by atoms with Crippen LogP contribution in [0.15, 0.2) is 52.9 Å². The van der Waals surface area contributed by atoms with Crippen molar-refractivity contribution in [2.24, 2.45) is 11.8 Å². The van der Waals surface area contributed by atoms with Gasteiger partial charge < -0.3 is 45.2 Å². The summed E-state index contributed by atoms with van der Waals surface area (Å²) >= 11 is 0. The molecule has 2 atom stereocenters. The molecular formula is C30H36BrN3O5. The molecule has 208 valence electrons. The molecule has 2 bridgehead atoms. The molecule has 0 radical (unpaired) electrons.